The molecule has 0 saturated carbocycles. The van der Waals surface area contributed by atoms with Crippen LogP contribution in [0.15, 0.2) is 48.5 Å². The third-order valence-electron chi connectivity index (χ3n) is 6.63. The monoisotopic (exact) mass is 480 g/mol. The lowest BCUT2D eigenvalue weighted by molar-refractivity contribution is -0.141. The van der Waals surface area contributed by atoms with Gasteiger partial charge >= 0.3 is 12.1 Å². The molecule has 0 aliphatic heterocycles. The molecule has 2 aromatic rings. The summed E-state index contributed by atoms with van der Waals surface area (Å²) in [5, 5.41) is 11.7. The molecular formula is C28H36N2O5. The van der Waals surface area contributed by atoms with Crippen LogP contribution in [0.25, 0.3) is 11.1 Å². The highest BCUT2D eigenvalue weighted by atomic mass is 16.5. The first-order valence-electron chi connectivity index (χ1n) is 12.3. The molecule has 1 atom stereocenters. The summed E-state index contributed by atoms with van der Waals surface area (Å²) in [6.07, 6.45) is -0.141. The summed E-state index contributed by atoms with van der Waals surface area (Å²) >= 11 is 0. The van der Waals surface area contributed by atoms with Gasteiger partial charge < -0.3 is 20.1 Å². The van der Waals surface area contributed by atoms with Crippen molar-refractivity contribution in [1.29, 1.82) is 0 Å². The molecule has 0 spiro atoms. The van der Waals surface area contributed by atoms with E-state index in [9.17, 15) is 14.4 Å². The SMILES string of the molecule is CC(C)C(CNC(=O)OCC1c2ccccc2-c2ccccc21)C(=O)N(CCCC(=O)O)C(C)C. The van der Waals surface area contributed by atoms with Crippen molar-refractivity contribution in [2.75, 3.05) is 19.7 Å². The molecule has 0 bridgehead atoms. The highest BCUT2D eigenvalue weighted by Crippen LogP contribution is 2.44. The molecule has 1 aliphatic rings. The van der Waals surface area contributed by atoms with Gasteiger partial charge in [-0.1, -0.05) is 62.4 Å². The molecule has 188 valence electrons. The molecule has 7 heteroatoms. The van der Waals surface area contributed by atoms with E-state index in [-0.39, 0.29) is 43.4 Å². The van der Waals surface area contributed by atoms with Crippen molar-refractivity contribution >= 4 is 18.0 Å². The van der Waals surface area contributed by atoms with Gasteiger partial charge in [0, 0.05) is 31.5 Å². The predicted octanol–water partition coefficient (Wildman–Crippen LogP) is 4.90. The van der Waals surface area contributed by atoms with Crippen LogP contribution >= 0.6 is 0 Å². The van der Waals surface area contributed by atoms with Crippen LogP contribution in [0.3, 0.4) is 0 Å². The van der Waals surface area contributed by atoms with Gasteiger partial charge in [-0.15, -0.1) is 0 Å². The Morgan fingerprint density at radius 3 is 2.06 bits per heavy atom. The number of fused-ring (bicyclic) bond motifs is 3. The molecule has 2 aromatic carbocycles. The van der Waals surface area contributed by atoms with Gasteiger partial charge in [-0.25, -0.2) is 4.79 Å². The average molecular weight is 481 g/mol. The van der Waals surface area contributed by atoms with Crippen LogP contribution < -0.4 is 5.32 Å². The van der Waals surface area contributed by atoms with Crippen molar-refractivity contribution in [2.24, 2.45) is 11.8 Å². The Kier molecular flexibility index (Phi) is 8.90. The zero-order chi connectivity index (χ0) is 25.5. The topological polar surface area (TPSA) is 95.9 Å². The third kappa shape index (κ3) is 6.41. The number of carboxylic acids is 1. The van der Waals surface area contributed by atoms with Crippen LogP contribution in [0, 0.1) is 11.8 Å². The number of alkyl carbamates (subject to hydrolysis) is 1. The highest BCUT2D eigenvalue weighted by molar-refractivity contribution is 5.81. The van der Waals surface area contributed by atoms with E-state index in [1.165, 1.54) is 11.1 Å². The quantitative estimate of drug-likeness (QED) is 0.477. The minimum absolute atomic E-state index is 0.00268. The van der Waals surface area contributed by atoms with Gasteiger partial charge in [0.2, 0.25) is 5.91 Å². The number of aliphatic carboxylic acids is 1. The Morgan fingerprint density at radius 2 is 1.54 bits per heavy atom. The first-order chi connectivity index (χ1) is 16.7. The van der Waals surface area contributed by atoms with Gasteiger partial charge in [-0.2, -0.15) is 0 Å². The Balaban J connectivity index is 1.59. The van der Waals surface area contributed by atoms with Crippen molar-refractivity contribution in [3.8, 4) is 11.1 Å². The van der Waals surface area contributed by atoms with E-state index in [2.05, 4.69) is 29.6 Å². The number of amides is 2. The van der Waals surface area contributed by atoms with Crippen LogP contribution in [0.1, 0.15) is 57.6 Å². The molecule has 2 amide bonds. The summed E-state index contributed by atoms with van der Waals surface area (Å²) < 4.78 is 5.61. The predicted molar refractivity (Wildman–Crippen MR) is 135 cm³/mol. The number of nitrogens with zero attached hydrogens (tertiary/aromatic N) is 1. The van der Waals surface area contributed by atoms with E-state index in [1.54, 1.807) is 4.90 Å². The van der Waals surface area contributed by atoms with E-state index < -0.39 is 18.0 Å². The molecule has 1 aliphatic carbocycles. The van der Waals surface area contributed by atoms with Gasteiger partial charge in [0.1, 0.15) is 6.61 Å². The van der Waals surface area contributed by atoms with E-state index in [4.69, 9.17) is 9.84 Å². The second-order valence-electron chi connectivity index (χ2n) is 9.68. The number of hydrogen-bond acceptors (Lipinski definition) is 4. The van der Waals surface area contributed by atoms with E-state index in [1.807, 2.05) is 52.0 Å². The maximum atomic E-state index is 13.2. The number of hydrogen-bond donors (Lipinski definition) is 2. The fraction of sp³-hybridized carbons (Fsp3) is 0.464. The number of nitrogens with one attached hydrogen (secondary N) is 1. The lowest BCUT2D eigenvalue weighted by Crippen LogP contribution is -2.47. The van der Waals surface area contributed by atoms with E-state index in [0.29, 0.717) is 13.0 Å². The third-order valence-corrected chi connectivity index (χ3v) is 6.63. The van der Waals surface area contributed by atoms with E-state index >= 15 is 0 Å². The molecule has 0 heterocycles. The standard InChI is InChI=1S/C28H36N2O5/c1-18(2)24(27(33)30(19(3)4)15-9-14-26(31)32)16-29-28(34)35-17-25-22-12-7-5-10-20(22)21-11-6-8-13-23(21)25/h5-8,10-13,18-19,24-25H,9,14-17H2,1-4H3,(H,29,34)(H,31,32). The van der Waals surface area contributed by atoms with Gasteiger partial charge in [0.15, 0.2) is 0 Å². The highest BCUT2D eigenvalue weighted by Gasteiger charge is 2.31. The summed E-state index contributed by atoms with van der Waals surface area (Å²) in [5.41, 5.74) is 4.62. The Labute approximate surface area is 207 Å². The Hall–Kier alpha value is -3.35. The molecule has 0 fully saturated rings. The van der Waals surface area contributed by atoms with Crippen LogP contribution in [0.5, 0.6) is 0 Å². The van der Waals surface area contributed by atoms with Gasteiger partial charge in [-0.3, -0.25) is 9.59 Å². The molecule has 0 aromatic heterocycles. The number of benzene rings is 2. The summed E-state index contributed by atoms with van der Waals surface area (Å²) in [7, 11) is 0. The van der Waals surface area contributed by atoms with Crippen molar-refractivity contribution in [2.45, 2.75) is 52.5 Å². The summed E-state index contributed by atoms with van der Waals surface area (Å²) in [6.45, 7) is 8.46. The van der Waals surface area contributed by atoms with Gasteiger partial charge in [0.05, 0.1) is 5.92 Å². The minimum atomic E-state index is -0.876. The number of ether oxygens (including phenoxy) is 1. The van der Waals surface area contributed by atoms with Gasteiger partial charge in [-0.05, 0) is 48.4 Å². The van der Waals surface area contributed by atoms with Crippen molar-refractivity contribution < 1.29 is 24.2 Å². The largest absolute Gasteiger partial charge is 0.481 e. The summed E-state index contributed by atoms with van der Waals surface area (Å²) in [4.78, 5) is 38.4. The molecular weight excluding hydrogens is 444 g/mol. The fourth-order valence-electron chi connectivity index (χ4n) is 4.69. The van der Waals surface area contributed by atoms with Crippen molar-refractivity contribution in [1.82, 2.24) is 10.2 Å². The molecule has 0 saturated heterocycles. The Morgan fingerprint density at radius 1 is 0.971 bits per heavy atom. The zero-order valence-electron chi connectivity index (χ0n) is 21.0. The Bertz CT molecular complexity index is 1000. The smallest absolute Gasteiger partial charge is 0.407 e. The van der Waals surface area contributed by atoms with Crippen LogP contribution in [-0.2, 0) is 14.3 Å². The second kappa shape index (κ2) is 11.9. The number of carboxylic acid groups (broad SMARTS) is 1. The molecule has 0 radical (unpaired) electrons. The minimum Gasteiger partial charge on any atom is -0.481 e. The molecule has 7 nitrogen and oxygen atoms in total. The normalized spacial score (nSPS) is 13.3. The molecule has 2 N–H and O–H groups in total. The maximum absolute atomic E-state index is 13.2. The van der Waals surface area contributed by atoms with Crippen molar-refractivity contribution in [3.05, 3.63) is 59.7 Å². The van der Waals surface area contributed by atoms with Crippen molar-refractivity contribution in [3.63, 3.8) is 0 Å². The first kappa shape index (κ1) is 26.3. The lowest BCUT2D eigenvalue weighted by atomic mass is 9.93. The van der Waals surface area contributed by atoms with Crippen LogP contribution in [-0.4, -0.2) is 53.7 Å². The molecule has 1 unspecified atom stereocenters. The zero-order valence-corrected chi connectivity index (χ0v) is 21.0. The second-order valence-corrected chi connectivity index (χ2v) is 9.68. The number of rotatable bonds is 11. The molecule has 35 heavy (non-hydrogen) atoms. The van der Waals surface area contributed by atoms with Gasteiger partial charge in [0.25, 0.3) is 0 Å². The first-order valence-corrected chi connectivity index (χ1v) is 12.3. The average Bonchev–Trinajstić information content (AvgIpc) is 3.13. The fourth-order valence-corrected chi connectivity index (χ4v) is 4.69. The van der Waals surface area contributed by atoms with Crippen LogP contribution in [0.4, 0.5) is 4.79 Å². The number of carbonyl (C=O) groups excluding carboxylic acids is 2. The summed E-state index contributed by atoms with van der Waals surface area (Å²) in [6, 6.07) is 16.3. The molecule has 3 rings (SSSR count). The van der Waals surface area contributed by atoms with Crippen LogP contribution in [0.2, 0.25) is 0 Å². The summed E-state index contributed by atoms with van der Waals surface area (Å²) in [5.74, 6) is -1.42. The number of carbonyl (C=O) groups is 3. The van der Waals surface area contributed by atoms with E-state index in [0.717, 1.165) is 11.1 Å². The maximum Gasteiger partial charge on any atom is 0.407 e. The lowest BCUT2D eigenvalue weighted by Gasteiger charge is -2.32.